The van der Waals surface area contributed by atoms with Crippen LogP contribution in [0, 0.1) is 13.8 Å². The Morgan fingerprint density at radius 2 is 1.88 bits per heavy atom. The van der Waals surface area contributed by atoms with E-state index < -0.39 is 0 Å². The van der Waals surface area contributed by atoms with Gasteiger partial charge in [-0.25, -0.2) is 4.68 Å². The second-order valence-electron chi connectivity index (χ2n) is 5.67. The SMILES string of the molecule is COCCNCCNC(=O)Cc1c(C)nn(-c2ccccc2)c1C.Cl. The fourth-order valence-electron chi connectivity index (χ4n) is 2.56. The van der Waals surface area contributed by atoms with E-state index in [1.165, 1.54) is 0 Å². The molecule has 138 valence electrons. The Morgan fingerprint density at radius 1 is 1.16 bits per heavy atom. The van der Waals surface area contributed by atoms with Gasteiger partial charge >= 0.3 is 0 Å². The molecule has 0 saturated carbocycles. The van der Waals surface area contributed by atoms with Crippen molar-refractivity contribution in [3.63, 3.8) is 0 Å². The van der Waals surface area contributed by atoms with Crippen molar-refractivity contribution < 1.29 is 9.53 Å². The molecule has 0 aliphatic rings. The van der Waals surface area contributed by atoms with E-state index in [0.29, 0.717) is 19.6 Å². The fraction of sp³-hybridized carbons (Fsp3) is 0.444. The lowest BCUT2D eigenvalue weighted by molar-refractivity contribution is -0.120. The number of halogens is 1. The minimum absolute atomic E-state index is 0. The van der Waals surface area contributed by atoms with Gasteiger partial charge in [0, 0.05) is 38.0 Å². The van der Waals surface area contributed by atoms with Gasteiger partial charge < -0.3 is 15.4 Å². The van der Waals surface area contributed by atoms with Gasteiger partial charge in [0.15, 0.2) is 0 Å². The van der Waals surface area contributed by atoms with E-state index in [2.05, 4.69) is 15.7 Å². The maximum absolute atomic E-state index is 12.2. The number of ether oxygens (including phenoxy) is 1. The first-order chi connectivity index (χ1) is 11.6. The molecule has 0 aliphatic carbocycles. The average molecular weight is 367 g/mol. The number of rotatable bonds is 9. The predicted octanol–water partition coefficient (Wildman–Crippen LogP) is 1.81. The van der Waals surface area contributed by atoms with Crippen LogP contribution in [0.5, 0.6) is 0 Å². The number of para-hydroxylation sites is 1. The molecule has 1 aromatic heterocycles. The highest BCUT2D eigenvalue weighted by Gasteiger charge is 2.15. The molecule has 0 atom stereocenters. The van der Waals surface area contributed by atoms with Gasteiger partial charge in [-0.1, -0.05) is 18.2 Å². The molecule has 25 heavy (non-hydrogen) atoms. The molecule has 1 amide bonds. The maximum Gasteiger partial charge on any atom is 0.224 e. The molecule has 0 fully saturated rings. The molecule has 0 saturated heterocycles. The smallest absolute Gasteiger partial charge is 0.224 e. The molecule has 0 bridgehead atoms. The summed E-state index contributed by atoms with van der Waals surface area (Å²) in [5.74, 6) is 0.0161. The third-order valence-electron chi connectivity index (χ3n) is 3.89. The highest BCUT2D eigenvalue weighted by molar-refractivity contribution is 5.85. The monoisotopic (exact) mass is 366 g/mol. The first kappa shape index (κ1) is 21.2. The minimum atomic E-state index is 0. The predicted molar refractivity (Wildman–Crippen MR) is 102 cm³/mol. The highest BCUT2D eigenvalue weighted by atomic mass is 35.5. The summed E-state index contributed by atoms with van der Waals surface area (Å²) in [4.78, 5) is 12.2. The number of amides is 1. The van der Waals surface area contributed by atoms with E-state index in [-0.39, 0.29) is 18.3 Å². The number of aryl methyl sites for hydroxylation is 1. The topological polar surface area (TPSA) is 68.2 Å². The second-order valence-corrected chi connectivity index (χ2v) is 5.67. The highest BCUT2D eigenvalue weighted by Crippen LogP contribution is 2.18. The summed E-state index contributed by atoms with van der Waals surface area (Å²) in [5.41, 5.74) is 3.90. The van der Waals surface area contributed by atoms with E-state index in [0.717, 1.165) is 35.7 Å². The number of nitrogens with zero attached hydrogens (tertiary/aromatic N) is 2. The van der Waals surface area contributed by atoms with Gasteiger partial charge in [-0.3, -0.25) is 4.79 Å². The molecule has 7 heteroatoms. The molecule has 0 aliphatic heterocycles. The Bertz CT molecular complexity index is 659. The molecule has 0 unspecified atom stereocenters. The van der Waals surface area contributed by atoms with Crippen molar-refractivity contribution in [2.24, 2.45) is 0 Å². The number of carbonyl (C=O) groups excluding carboxylic acids is 1. The standard InChI is InChI=1S/C18H26N4O2.ClH/c1-14-17(13-18(23)20-10-9-19-11-12-24-3)15(2)22(21-14)16-7-5-4-6-8-16;/h4-8,19H,9-13H2,1-3H3,(H,20,23);1H. The summed E-state index contributed by atoms with van der Waals surface area (Å²) in [6.45, 7) is 6.74. The summed E-state index contributed by atoms with van der Waals surface area (Å²) < 4.78 is 6.85. The second kappa shape index (κ2) is 10.9. The summed E-state index contributed by atoms with van der Waals surface area (Å²) in [6.07, 6.45) is 0.350. The summed E-state index contributed by atoms with van der Waals surface area (Å²) in [5, 5.41) is 10.7. The van der Waals surface area contributed by atoms with Gasteiger partial charge in [0.2, 0.25) is 5.91 Å². The Hall–Kier alpha value is -1.89. The zero-order valence-electron chi connectivity index (χ0n) is 15.0. The zero-order valence-corrected chi connectivity index (χ0v) is 15.9. The van der Waals surface area contributed by atoms with E-state index in [4.69, 9.17) is 4.74 Å². The molecule has 2 rings (SSSR count). The van der Waals surface area contributed by atoms with Crippen molar-refractivity contribution in [1.29, 1.82) is 0 Å². The molecule has 0 radical (unpaired) electrons. The molecule has 6 nitrogen and oxygen atoms in total. The van der Waals surface area contributed by atoms with E-state index >= 15 is 0 Å². The number of benzene rings is 1. The van der Waals surface area contributed by atoms with Gasteiger partial charge in [-0.2, -0.15) is 5.10 Å². The quantitative estimate of drug-likeness (QED) is 0.664. The van der Waals surface area contributed by atoms with Crippen LogP contribution in [0.1, 0.15) is 17.0 Å². The van der Waals surface area contributed by atoms with Crippen LogP contribution in [-0.4, -0.2) is 49.0 Å². The van der Waals surface area contributed by atoms with Crippen LogP contribution < -0.4 is 10.6 Å². The van der Waals surface area contributed by atoms with Crippen molar-refractivity contribution in [2.45, 2.75) is 20.3 Å². The minimum Gasteiger partial charge on any atom is -0.383 e. The molecule has 2 N–H and O–H groups in total. The first-order valence-corrected chi connectivity index (χ1v) is 8.20. The van der Waals surface area contributed by atoms with Gasteiger partial charge in [-0.05, 0) is 26.0 Å². The van der Waals surface area contributed by atoms with Crippen molar-refractivity contribution in [3.8, 4) is 5.69 Å². The largest absolute Gasteiger partial charge is 0.383 e. The maximum atomic E-state index is 12.2. The normalized spacial score (nSPS) is 10.4. The lowest BCUT2D eigenvalue weighted by Gasteiger charge is -2.07. The van der Waals surface area contributed by atoms with Crippen molar-refractivity contribution in [2.75, 3.05) is 33.4 Å². The van der Waals surface area contributed by atoms with Crippen molar-refractivity contribution in [3.05, 3.63) is 47.3 Å². The number of aromatic nitrogens is 2. The van der Waals surface area contributed by atoms with Gasteiger partial charge in [-0.15, -0.1) is 12.4 Å². The average Bonchev–Trinajstić information content (AvgIpc) is 2.87. The molecule has 1 heterocycles. The molecule has 1 aromatic carbocycles. The lowest BCUT2D eigenvalue weighted by Crippen LogP contribution is -2.34. The van der Waals surface area contributed by atoms with E-state index in [9.17, 15) is 4.79 Å². The number of hydrogen-bond acceptors (Lipinski definition) is 4. The zero-order chi connectivity index (χ0) is 17.4. The fourth-order valence-corrected chi connectivity index (χ4v) is 2.56. The van der Waals surface area contributed by atoms with Crippen LogP contribution in [0.15, 0.2) is 30.3 Å². The first-order valence-electron chi connectivity index (χ1n) is 8.20. The van der Waals surface area contributed by atoms with Crippen LogP contribution in [0.3, 0.4) is 0 Å². The third kappa shape index (κ3) is 6.16. The van der Waals surface area contributed by atoms with Crippen molar-refractivity contribution in [1.82, 2.24) is 20.4 Å². The Morgan fingerprint density at radius 3 is 2.56 bits per heavy atom. The van der Waals surface area contributed by atoms with Crippen molar-refractivity contribution >= 4 is 18.3 Å². The van der Waals surface area contributed by atoms with Crippen LogP contribution >= 0.6 is 12.4 Å². The Balaban J connectivity index is 0.00000312. The van der Waals surface area contributed by atoms with Gasteiger partial charge in [0.05, 0.1) is 24.4 Å². The number of methoxy groups -OCH3 is 1. The van der Waals surface area contributed by atoms with E-state index in [1.807, 2.05) is 48.9 Å². The third-order valence-corrected chi connectivity index (χ3v) is 3.89. The molecular weight excluding hydrogens is 340 g/mol. The summed E-state index contributed by atoms with van der Waals surface area (Å²) in [6, 6.07) is 9.96. The summed E-state index contributed by atoms with van der Waals surface area (Å²) in [7, 11) is 1.67. The van der Waals surface area contributed by atoms with E-state index in [1.54, 1.807) is 7.11 Å². The van der Waals surface area contributed by atoms with Crippen LogP contribution in [0.25, 0.3) is 5.69 Å². The van der Waals surface area contributed by atoms with Crippen LogP contribution in [-0.2, 0) is 16.0 Å². The Kier molecular flexibility index (Phi) is 9.20. The number of carbonyl (C=O) groups is 1. The molecular formula is C18H27ClN4O2. The van der Waals surface area contributed by atoms with Gasteiger partial charge in [0.25, 0.3) is 0 Å². The van der Waals surface area contributed by atoms with Crippen LogP contribution in [0.4, 0.5) is 0 Å². The van der Waals surface area contributed by atoms with Crippen LogP contribution in [0.2, 0.25) is 0 Å². The number of hydrogen-bond donors (Lipinski definition) is 2. The number of nitrogens with one attached hydrogen (secondary N) is 2. The Labute approximate surface area is 155 Å². The van der Waals surface area contributed by atoms with Gasteiger partial charge in [0.1, 0.15) is 0 Å². The summed E-state index contributed by atoms with van der Waals surface area (Å²) >= 11 is 0. The molecule has 0 spiro atoms. The lowest BCUT2D eigenvalue weighted by atomic mass is 10.1. The molecule has 2 aromatic rings.